The van der Waals surface area contributed by atoms with Crippen LogP contribution in [0, 0.1) is 5.41 Å². The summed E-state index contributed by atoms with van der Waals surface area (Å²) in [4.78, 5) is 37.0. The van der Waals surface area contributed by atoms with Crippen LogP contribution in [0.1, 0.15) is 47.0 Å². The van der Waals surface area contributed by atoms with Crippen LogP contribution in [0.25, 0.3) is 0 Å². The molecule has 2 aliphatic rings. The summed E-state index contributed by atoms with van der Waals surface area (Å²) in [6, 6.07) is 0. The number of anilines is 1. The normalized spacial score (nSPS) is 23.5. The first-order valence-corrected chi connectivity index (χ1v) is 9.52. The Morgan fingerprint density at radius 1 is 1.28 bits per heavy atom. The molecule has 3 rings (SSSR count). The molecule has 0 bridgehead atoms. The minimum atomic E-state index is -1.15. The summed E-state index contributed by atoms with van der Waals surface area (Å²) in [6.45, 7) is 1.12. The van der Waals surface area contributed by atoms with Crippen molar-refractivity contribution in [3.63, 3.8) is 0 Å². The molecule has 6 nitrogen and oxygen atoms in total. The molecule has 1 aromatic rings. The van der Waals surface area contributed by atoms with Gasteiger partial charge < -0.3 is 15.8 Å². The molecule has 1 saturated carbocycles. The molecule has 25 heavy (non-hydrogen) atoms. The number of amides is 2. The van der Waals surface area contributed by atoms with E-state index in [4.69, 9.17) is 33.7 Å². The Kier molecular flexibility index (Phi) is 4.77. The van der Waals surface area contributed by atoms with Crippen molar-refractivity contribution in [2.75, 3.05) is 11.9 Å². The maximum Gasteiger partial charge on any atom is 0.315 e. The van der Waals surface area contributed by atoms with Crippen LogP contribution in [-0.2, 0) is 27.2 Å². The topological polar surface area (TPSA) is 98.5 Å². The van der Waals surface area contributed by atoms with Crippen LogP contribution in [0.2, 0.25) is 0 Å². The molecule has 1 fully saturated rings. The molecule has 0 aromatic carbocycles. The van der Waals surface area contributed by atoms with E-state index in [1.165, 1.54) is 11.3 Å². The molecule has 2 amide bonds. The van der Waals surface area contributed by atoms with Crippen molar-refractivity contribution in [2.24, 2.45) is 11.1 Å². The van der Waals surface area contributed by atoms with Gasteiger partial charge in [-0.05, 0) is 38.2 Å². The van der Waals surface area contributed by atoms with E-state index in [0.29, 0.717) is 10.6 Å². The summed E-state index contributed by atoms with van der Waals surface area (Å²) < 4.78 is 3.86. The standard InChI is InChI=1S/C16H18Cl2N2O4S/c1-15(7-16(15,17)18)14(23)24-6-10(21)20-13-11(12(19)22)8-4-2-3-5-9(8)25-13/h2-7H2,1H3,(H2,19,22)(H,20,21)/t15-/m1/s1. The Morgan fingerprint density at radius 2 is 1.92 bits per heavy atom. The third kappa shape index (κ3) is 3.37. The van der Waals surface area contributed by atoms with Crippen molar-refractivity contribution in [1.29, 1.82) is 0 Å². The Morgan fingerprint density at radius 3 is 2.52 bits per heavy atom. The van der Waals surface area contributed by atoms with Crippen LogP contribution in [0.5, 0.6) is 0 Å². The smallest absolute Gasteiger partial charge is 0.315 e. The van der Waals surface area contributed by atoms with E-state index in [1.807, 2.05) is 0 Å². The van der Waals surface area contributed by atoms with E-state index in [0.717, 1.165) is 36.1 Å². The molecule has 0 saturated heterocycles. The van der Waals surface area contributed by atoms with Gasteiger partial charge in [-0.15, -0.1) is 34.5 Å². The first kappa shape index (κ1) is 18.5. The monoisotopic (exact) mass is 404 g/mol. The highest BCUT2D eigenvalue weighted by Gasteiger charge is 2.69. The fourth-order valence-corrected chi connectivity index (χ4v) is 4.99. The van der Waals surface area contributed by atoms with Crippen LogP contribution in [-0.4, -0.2) is 28.7 Å². The Balaban J connectivity index is 1.65. The summed E-state index contributed by atoms with van der Waals surface area (Å²) in [5.41, 5.74) is 5.78. The maximum absolute atomic E-state index is 12.1. The van der Waals surface area contributed by atoms with Crippen molar-refractivity contribution in [3.8, 4) is 0 Å². The van der Waals surface area contributed by atoms with E-state index in [-0.39, 0.29) is 6.42 Å². The van der Waals surface area contributed by atoms with Crippen molar-refractivity contribution in [1.82, 2.24) is 0 Å². The zero-order chi connectivity index (χ0) is 18.4. The van der Waals surface area contributed by atoms with Gasteiger partial charge in [0.2, 0.25) is 0 Å². The number of esters is 1. The fraction of sp³-hybridized carbons (Fsp3) is 0.562. The average molecular weight is 405 g/mol. The highest BCUT2D eigenvalue weighted by atomic mass is 35.5. The number of primary amides is 1. The Bertz CT molecular complexity index is 762. The molecule has 0 radical (unpaired) electrons. The molecule has 9 heteroatoms. The predicted molar refractivity (Wildman–Crippen MR) is 96.2 cm³/mol. The Labute approximate surface area is 159 Å². The quantitative estimate of drug-likeness (QED) is 0.581. The lowest BCUT2D eigenvalue weighted by molar-refractivity contribution is -0.152. The number of rotatable bonds is 5. The van der Waals surface area contributed by atoms with Gasteiger partial charge in [-0.3, -0.25) is 14.4 Å². The third-order valence-electron chi connectivity index (χ3n) is 4.71. The van der Waals surface area contributed by atoms with E-state index in [9.17, 15) is 14.4 Å². The molecule has 0 spiro atoms. The summed E-state index contributed by atoms with van der Waals surface area (Å²) in [6.07, 6.45) is 3.98. The van der Waals surface area contributed by atoms with Gasteiger partial charge in [0.15, 0.2) is 6.61 Å². The highest BCUT2D eigenvalue weighted by molar-refractivity contribution is 7.17. The molecule has 1 atom stereocenters. The van der Waals surface area contributed by atoms with E-state index in [2.05, 4.69) is 5.32 Å². The molecular weight excluding hydrogens is 387 g/mol. The first-order chi connectivity index (χ1) is 11.7. The number of nitrogens with one attached hydrogen (secondary N) is 1. The number of nitrogens with two attached hydrogens (primary N) is 1. The largest absolute Gasteiger partial charge is 0.455 e. The lowest BCUT2D eigenvalue weighted by atomic mass is 9.95. The molecular formula is C16H18Cl2N2O4S. The van der Waals surface area contributed by atoms with Gasteiger partial charge in [-0.2, -0.15) is 0 Å². The first-order valence-electron chi connectivity index (χ1n) is 7.95. The fourth-order valence-electron chi connectivity index (χ4n) is 2.99. The molecule has 3 N–H and O–H groups in total. The lowest BCUT2D eigenvalue weighted by Gasteiger charge is -2.12. The number of carbonyl (C=O) groups is 3. The Hall–Kier alpha value is -1.31. The highest BCUT2D eigenvalue weighted by Crippen LogP contribution is 2.64. The van der Waals surface area contributed by atoms with Gasteiger partial charge in [-0.25, -0.2) is 0 Å². The van der Waals surface area contributed by atoms with Crippen LogP contribution in [0.15, 0.2) is 0 Å². The number of ether oxygens (including phenoxy) is 1. The van der Waals surface area contributed by atoms with E-state index >= 15 is 0 Å². The predicted octanol–water partition coefficient (Wildman–Crippen LogP) is 2.79. The molecule has 0 unspecified atom stereocenters. The van der Waals surface area contributed by atoms with Gasteiger partial charge in [0, 0.05) is 11.3 Å². The molecule has 2 aliphatic carbocycles. The zero-order valence-electron chi connectivity index (χ0n) is 13.6. The number of aryl methyl sites for hydroxylation is 1. The SMILES string of the molecule is C[C@]1(C(=O)OCC(=O)Nc2sc3c(c2C(N)=O)CCCC3)CC1(Cl)Cl. The minimum Gasteiger partial charge on any atom is -0.455 e. The summed E-state index contributed by atoms with van der Waals surface area (Å²) >= 11 is 13.2. The van der Waals surface area contributed by atoms with Crippen molar-refractivity contribution >= 4 is 57.3 Å². The third-order valence-corrected chi connectivity index (χ3v) is 7.02. The molecule has 136 valence electrons. The zero-order valence-corrected chi connectivity index (χ0v) is 15.9. The number of hydrogen-bond donors (Lipinski definition) is 2. The van der Waals surface area contributed by atoms with Gasteiger partial charge >= 0.3 is 5.97 Å². The average Bonchev–Trinajstić information content (AvgIpc) is 2.90. The second kappa shape index (κ2) is 6.45. The van der Waals surface area contributed by atoms with Gasteiger partial charge in [0.05, 0.1) is 5.56 Å². The van der Waals surface area contributed by atoms with Gasteiger partial charge in [0.1, 0.15) is 14.7 Å². The molecule has 1 aromatic heterocycles. The number of carbonyl (C=O) groups excluding carboxylic acids is 3. The molecule has 1 heterocycles. The van der Waals surface area contributed by atoms with Gasteiger partial charge in [-0.1, -0.05) is 0 Å². The lowest BCUT2D eigenvalue weighted by Crippen LogP contribution is -2.27. The summed E-state index contributed by atoms with van der Waals surface area (Å²) in [5, 5.41) is 3.05. The number of thiophene rings is 1. The van der Waals surface area contributed by atoms with Gasteiger partial charge in [0.25, 0.3) is 11.8 Å². The van der Waals surface area contributed by atoms with Crippen LogP contribution >= 0.6 is 34.5 Å². The maximum atomic E-state index is 12.1. The van der Waals surface area contributed by atoms with Crippen molar-refractivity contribution < 1.29 is 19.1 Å². The van der Waals surface area contributed by atoms with Crippen molar-refractivity contribution in [3.05, 3.63) is 16.0 Å². The second-order valence-electron chi connectivity index (χ2n) is 6.62. The summed E-state index contributed by atoms with van der Waals surface area (Å²) in [7, 11) is 0. The number of fused-ring (bicyclic) bond motifs is 1. The minimum absolute atomic E-state index is 0.285. The molecule has 0 aliphatic heterocycles. The number of alkyl halides is 2. The second-order valence-corrected chi connectivity index (χ2v) is 9.21. The van der Waals surface area contributed by atoms with Crippen LogP contribution < -0.4 is 11.1 Å². The van der Waals surface area contributed by atoms with Crippen LogP contribution in [0.3, 0.4) is 0 Å². The number of halogens is 2. The summed E-state index contributed by atoms with van der Waals surface area (Å²) in [5.74, 6) is -1.71. The van der Waals surface area contributed by atoms with E-state index < -0.39 is 34.1 Å². The van der Waals surface area contributed by atoms with Crippen LogP contribution in [0.4, 0.5) is 5.00 Å². The van der Waals surface area contributed by atoms with E-state index in [1.54, 1.807) is 6.92 Å². The van der Waals surface area contributed by atoms with Crippen molar-refractivity contribution in [2.45, 2.75) is 43.4 Å². The number of hydrogen-bond acceptors (Lipinski definition) is 5.